The first-order valence-corrected chi connectivity index (χ1v) is 5.73. The lowest BCUT2D eigenvalue weighted by molar-refractivity contribution is -0.148. The molecule has 4 nitrogen and oxygen atoms in total. The van der Waals surface area contributed by atoms with E-state index in [1.165, 1.54) is 25.3 Å². The molecular weight excluding hydrogens is 256 g/mol. The van der Waals surface area contributed by atoms with Gasteiger partial charge in [-0.05, 0) is 39.0 Å². The first-order chi connectivity index (χ1) is 8.24. The van der Waals surface area contributed by atoms with Crippen LogP contribution in [0.2, 0.25) is 5.02 Å². The molecule has 1 aromatic carbocycles. The third kappa shape index (κ3) is 3.74. The Morgan fingerprint density at radius 2 is 1.83 bits per heavy atom. The highest BCUT2D eigenvalue weighted by molar-refractivity contribution is 6.41. The van der Waals surface area contributed by atoms with Gasteiger partial charge in [-0.3, -0.25) is 4.79 Å². The van der Waals surface area contributed by atoms with Crippen molar-refractivity contribution in [1.82, 2.24) is 0 Å². The van der Waals surface area contributed by atoms with Crippen LogP contribution in [-0.4, -0.2) is 24.5 Å². The maximum absolute atomic E-state index is 11.9. The number of halogens is 1. The molecule has 0 bridgehead atoms. The number of hydrogen-bond acceptors (Lipinski definition) is 4. The van der Waals surface area contributed by atoms with E-state index >= 15 is 0 Å². The summed E-state index contributed by atoms with van der Waals surface area (Å²) in [6.45, 7) is 5.08. The predicted octanol–water partition coefficient (Wildman–Crippen LogP) is 2.87. The lowest BCUT2D eigenvalue weighted by Crippen LogP contribution is -2.29. The molecule has 0 N–H and O–H groups in total. The predicted molar refractivity (Wildman–Crippen MR) is 68.2 cm³/mol. The molecule has 0 aliphatic carbocycles. The molecule has 0 heterocycles. The summed E-state index contributed by atoms with van der Waals surface area (Å²) in [5, 5.41) is 0.424. The summed E-state index contributed by atoms with van der Waals surface area (Å²) in [4.78, 5) is 23.6. The Morgan fingerprint density at radius 3 is 2.33 bits per heavy atom. The summed E-state index contributed by atoms with van der Waals surface area (Å²) < 4.78 is 10.0. The summed E-state index contributed by atoms with van der Waals surface area (Å²) in [7, 11) is 1.40. The van der Waals surface area contributed by atoms with Crippen LogP contribution < -0.4 is 4.74 Å². The average molecular weight is 271 g/mol. The van der Waals surface area contributed by atoms with Gasteiger partial charge in [0.25, 0.3) is 5.78 Å². The van der Waals surface area contributed by atoms with Gasteiger partial charge in [0, 0.05) is 5.02 Å². The van der Waals surface area contributed by atoms with Crippen molar-refractivity contribution < 1.29 is 19.1 Å². The van der Waals surface area contributed by atoms with Gasteiger partial charge in [-0.1, -0.05) is 11.6 Å². The van der Waals surface area contributed by atoms with E-state index < -0.39 is 17.4 Å². The van der Waals surface area contributed by atoms with Crippen LogP contribution in [0.3, 0.4) is 0 Å². The van der Waals surface area contributed by atoms with Crippen LogP contribution in [0.5, 0.6) is 5.75 Å². The first kappa shape index (κ1) is 14.5. The number of ketones is 1. The van der Waals surface area contributed by atoms with Gasteiger partial charge in [-0.15, -0.1) is 0 Å². The van der Waals surface area contributed by atoms with Crippen molar-refractivity contribution in [2.45, 2.75) is 26.4 Å². The van der Waals surface area contributed by atoms with Gasteiger partial charge in [0.1, 0.15) is 11.4 Å². The largest absolute Gasteiger partial charge is 0.496 e. The summed E-state index contributed by atoms with van der Waals surface area (Å²) in [6, 6.07) is 4.42. The zero-order valence-electron chi connectivity index (χ0n) is 10.7. The van der Waals surface area contributed by atoms with Crippen LogP contribution in [0, 0.1) is 0 Å². The maximum Gasteiger partial charge on any atom is 0.380 e. The smallest absolute Gasteiger partial charge is 0.380 e. The summed E-state index contributed by atoms with van der Waals surface area (Å²) >= 11 is 5.78. The number of ether oxygens (including phenoxy) is 2. The van der Waals surface area contributed by atoms with E-state index in [-0.39, 0.29) is 11.3 Å². The molecule has 0 aliphatic rings. The molecule has 0 saturated heterocycles. The van der Waals surface area contributed by atoms with Gasteiger partial charge in [-0.25, -0.2) is 4.79 Å². The standard InChI is InChI=1S/C13H15ClO4/c1-13(2,3)18-12(16)11(15)9-6-5-8(14)7-10(9)17-4/h5-7H,1-4H3. The highest BCUT2D eigenvalue weighted by Gasteiger charge is 2.26. The Kier molecular flexibility index (Phi) is 4.35. The minimum atomic E-state index is -0.914. The minimum absolute atomic E-state index is 0.135. The monoisotopic (exact) mass is 270 g/mol. The maximum atomic E-state index is 11.9. The van der Waals surface area contributed by atoms with Gasteiger partial charge >= 0.3 is 5.97 Å². The Hall–Kier alpha value is -1.55. The van der Waals surface area contributed by atoms with E-state index in [0.717, 1.165) is 0 Å². The third-order valence-electron chi connectivity index (χ3n) is 1.99. The number of methoxy groups -OCH3 is 1. The SMILES string of the molecule is COc1cc(Cl)ccc1C(=O)C(=O)OC(C)(C)C. The second-order valence-electron chi connectivity index (χ2n) is 4.68. The van der Waals surface area contributed by atoms with Crippen molar-refractivity contribution in [1.29, 1.82) is 0 Å². The second-order valence-corrected chi connectivity index (χ2v) is 5.11. The number of carbonyl (C=O) groups is 2. The Balaban J connectivity index is 3.01. The minimum Gasteiger partial charge on any atom is -0.496 e. The topological polar surface area (TPSA) is 52.6 Å². The van der Waals surface area contributed by atoms with Crippen molar-refractivity contribution in [2.24, 2.45) is 0 Å². The molecule has 0 aromatic heterocycles. The van der Waals surface area contributed by atoms with E-state index in [1.54, 1.807) is 20.8 Å². The van der Waals surface area contributed by atoms with Gasteiger partial charge in [0.2, 0.25) is 0 Å². The third-order valence-corrected chi connectivity index (χ3v) is 2.23. The van der Waals surface area contributed by atoms with Crippen LogP contribution in [0.15, 0.2) is 18.2 Å². The molecule has 0 unspecified atom stereocenters. The fourth-order valence-electron chi connectivity index (χ4n) is 1.29. The molecule has 5 heteroatoms. The molecule has 1 rings (SSSR count). The first-order valence-electron chi connectivity index (χ1n) is 5.36. The highest BCUT2D eigenvalue weighted by Crippen LogP contribution is 2.24. The molecule has 0 radical (unpaired) electrons. The zero-order valence-corrected chi connectivity index (χ0v) is 11.5. The molecule has 0 aliphatic heterocycles. The highest BCUT2D eigenvalue weighted by atomic mass is 35.5. The van der Waals surface area contributed by atoms with E-state index in [4.69, 9.17) is 21.1 Å². The quantitative estimate of drug-likeness (QED) is 0.481. The molecule has 0 amide bonds. The number of esters is 1. The average Bonchev–Trinajstić information content (AvgIpc) is 2.25. The van der Waals surface area contributed by atoms with Crippen molar-refractivity contribution in [3.05, 3.63) is 28.8 Å². The van der Waals surface area contributed by atoms with Crippen molar-refractivity contribution >= 4 is 23.4 Å². The summed E-state index contributed by atoms with van der Waals surface area (Å²) in [5.74, 6) is -1.42. The molecule has 18 heavy (non-hydrogen) atoms. The van der Waals surface area contributed by atoms with Crippen LogP contribution in [0.25, 0.3) is 0 Å². The number of Topliss-reactive ketones (excluding diaryl/α,β-unsaturated/α-hetero) is 1. The number of hydrogen-bond donors (Lipinski definition) is 0. The molecule has 1 aromatic rings. The van der Waals surface area contributed by atoms with Gasteiger partial charge in [0.15, 0.2) is 0 Å². The molecule has 0 saturated carbocycles. The Morgan fingerprint density at radius 1 is 1.22 bits per heavy atom. The normalized spacial score (nSPS) is 10.9. The van der Waals surface area contributed by atoms with Crippen LogP contribution in [0.1, 0.15) is 31.1 Å². The number of carbonyl (C=O) groups excluding carboxylic acids is 2. The lowest BCUT2D eigenvalue weighted by Gasteiger charge is -2.19. The molecule has 0 fully saturated rings. The molecule has 0 spiro atoms. The van der Waals surface area contributed by atoms with Gasteiger partial charge in [0.05, 0.1) is 12.7 Å². The van der Waals surface area contributed by atoms with Crippen molar-refractivity contribution in [3.63, 3.8) is 0 Å². The van der Waals surface area contributed by atoms with Crippen molar-refractivity contribution in [2.75, 3.05) is 7.11 Å². The fraction of sp³-hybridized carbons (Fsp3) is 0.385. The number of benzene rings is 1. The van der Waals surface area contributed by atoms with Crippen LogP contribution >= 0.6 is 11.6 Å². The molecule has 98 valence electrons. The van der Waals surface area contributed by atoms with Crippen LogP contribution in [0.4, 0.5) is 0 Å². The Bertz CT molecular complexity index is 474. The van der Waals surface area contributed by atoms with E-state index in [2.05, 4.69) is 0 Å². The van der Waals surface area contributed by atoms with E-state index in [9.17, 15) is 9.59 Å². The molecular formula is C13H15ClO4. The summed E-state index contributed by atoms with van der Waals surface area (Å²) in [6.07, 6.45) is 0. The fourth-order valence-corrected chi connectivity index (χ4v) is 1.45. The summed E-state index contributed by atoms with van der Waals surface area (Å²) in [5.41, 5.74) is -0.581. The van der Waals surface area contributed by atoms with E-state index in [1.807, 2.05) is 0 Å². The van der Waals surface area contributed by atoms with E-state index in [0.29, 0.717) is 5.02 Å². The second kappa shape index (κ2) is 5.40. The Labute approximate surface area is 111 Å². The number of rotatable bonds is 3. The van der Waals surface area contributed by atoms with Crippen molar-refractivity contribution in [3.8, 4) is 5.75 Å². The van der Waals surface area contributed by atoms with Gasteiger partial charge in [-0.2, -0.15) is 0 Å². The zero-order chi connectivity index (χ0) is 13.9. The van der Waals surface area contributed by atoms with Crippen LogP contribution in [-0.2, 0) is 9.53 Å². The molecule has 0 atom stereocenters. The van der Waals surface area contributed by atoms with Gasteiger partial charge < -0.3 is 9.47 Å². The lowest BCUT2D eigenvalue weighted by atomic mass is 10.1.